The molecule has 0 amide bonds. The van der Waals surface area contributed by atoms with Gasteiger partial charge < -0.3 is 10.4 Å². The van der Waals surface area contributed by atoms with Crippen LogP contribution in [0.4, 0.5) is 5.69 Å². The smallest absolute Gasteiger partial charge is 0.337 e. The number of carboxylic acid groups (broad SMARTS) is 1. The van der Waals surface area contributed by atoms with E-state index in [2.05, 4.69) is 17.5 Å². The molecule has 0 radical (unpaired) electrons. The van der Waals surface area contributed by atoms with Crippen LogP contribution >= 0.6 is 11.6 Å². The molecule has 0 unspecified atom stereocenters. The molecule has 0 atom stereocenters. The Bertz CT molecular complexity index is 435. The fourth-order valence-electron chi connectivity index (χ4n) is 1.75. The first-order valence-electron chi connectivity index (χ1n) is 5.11. The quantitative estimate of drug-likeness (QED) is 0.794. The first-order valence-corrected chi connectivity index (χ1v) is 5.49. The van der Waals surface area contributed by atoms with E-state index in [0.29, 0.717) is 6.04 Å². The van der Waals surface area contributed by atoms with Crippen molar-refractivity contribution in [2.24, 2.45) is 0 Å². The van der Waals surface area contributed by atoms with Crippen molar-refractivity contribution in [3.63, 3.8) is 0 Å². The van der Waals surface area contributed by atoms with Gasteiger partial charge in [-0.2, -0.15) is 0 Å². The lowest BCUT2D eigenvalue weighted by atomic mass is 10.1. The highest BCUT2D eigenvalue weighted by Crippen LogP contribution is 2.23. The number of carboxylic acids is 1. The van der Waals surface area contributed by atoms with E-state index >= 15 is 0 Å². The summed E-state index contributed by atoms with van der Waals surface area (Å²) in [4.78, 5) is 10.8. The molecule has 4 heteroatoms. The number of rotatable bonds is 3. The fraction of sp³-hybridized carbons (Fsp3) is 0.250. The highest BCUT2D eigenvalue weighted by molar-refractivity contribution is 6.33. The van der Waals surface area contributed by atoms with Crippen LogP contribution in [0.1, 0.15) is 23.2 Å². The molecule has 1 aliphatic carbocycles. The second kappa shape index (κ2) is 4.58. The Morgan fingerprint density at radius 2 is 2.06 bits per heavy atom. The van der Waals surface area contributed by atoms with Crippen LogP contribution in [0.15, 0.2) is 30.4 Å². The van der Waals surface area contributed by atoms with Crippen LogP contribution in [0, 0.1) is 0 Å². The maximum absolute atomic E-state index is 10.8. The van der Waals surface area contributed by atoms with Gasteiger partial charge in [-0.15, -0.1) is 0 Å². The summed E-state index contributed by atoms with van der Waals surface area (Å²) in [5, 5.41) is 12.4. The number of anilines is 1. The number of carbonyl (C=O) groups is 1. The van der Waals surface area contributed by atoms with Gasteiger partial charge in [0.15, 0.2) is 0 Å². The molecule has 0 spiro atoms. The van der Waals surface area contributed by atoms with E-state index in [4.69, 9.17) is 16.7 Å². The number of hydrogen-bond donors (Lipinski definition) is 2. The van der Waals surface area contributed by atoms with E-state index in [1.54, 1.807) is 12.1 Å². The highest BCUT2D eigenvalue weighted by Gasteiger charge is 2.12. The SMILES string of the molecule is O=C(O)c1ccc(NC2CC=CC2)cc1Cl. The van der Waals surface area contributed by atoms with Crippen LogP contribution in [0.25, 0.3) is 0 Å². The predicted molar refractivity (Wildman–Crippen MR) is 64.2 cm³/mol. The van der Waals surface area contributed by atoms with Crippen LogP contribution in [-0.2, 0) is 0 Å². The number of benzene rings is 1. The molecule has 3 nitrogen and oxygen atoms in total. The molecule has 0 aromatic heterocycles. The molecule has 1 aromatic rings. The Morgan fingerprint density at radius 1 is 1.38 bits per heavy atom. The van der Waals surface area contributed by atoms with Crippen molar-refractivity contribution >= 4 is 23.3 Å². The Kier molecular flexibility index (Phi) is 3.15. The van der Waals surface area contributed by atoms with Crippen LogP contribution in [0.2, 0.25) is 5.02 Å². The molecule has 0 saturated carbocycles. The second-order valence-corrected chi connectivity index (χ2v) is 4.19. The molecule has 1 aliphatic rings. The van der Waals surface area contributed by atoms with Crippen LogP contribution in [0.5, 0.6) is 0 Å². The molecule has 16 heavy (non-hydrogen) atoms. The molecular weight excluding hydrogens is 226 g/mol. The van der Waals surface area contributed by atoms with Crippen LogP contribution in [-0.4, -0.2) is 17.1 Å². The van der Waals surface area contributed by atoms with Gasteiger partial charge in [-0.3, -0.25) is 0 Å². The predicted octanol–water partition coefficient (Wildman–Crippen LogP) is 3.17. The molecule has 0 fully saturated rings. The maximum atomic E-state index is 10.8. The number of aromatic carboxylic acids is 1. The largest absolute Gasteiger partial charge is 0.478 e. The van der Waals surface area contributed by atoms with Crippen molar-refractivity contribution in [3.05, 3.63) is 40.9 Å². The van der Waals surface area contributed by atoms with Gasteiger partial charge in [0.25, 0.3) is 0 Å². The highest BCUT2D eigenvalue weighted by atomic mass is 35.5. The summed E-state index contributed by atoms with van der Waals surface area (Å²) in [6.45, 7) is 0. The minimum absolute atomic E-state index is 0.136. The topological polar surface area (TPSA) is 49.3 Å². The zero-order valence-electron chi connectivity index (χ0n) is 8.61. The Balaban J connectivity index is 2.11. The van der Waals surface area contributed by atoms with Crippen molar-refractivity contribution in [2.75, 3.05) is 5.32 Å². The fourth-order valence-corrected chi connectivity index (χ4v) is 2.01. The van der Waals surface area contributed by atoms with E-state index < -0.39 is 5.97 Å². The molecule has 1 aromatic carbocycles. The van der Waals surface area contributed by atoms with Gasteiger partial charge in [-0.05, 0) is 31.0 Å². The minimum atomic E-state index is -1.00. The zero-order chi connectivity index (χ0) is 11.5. The lowest BCUT2D eigenvalue weighted by Crippen LogP contribution is -2.15. The summed E-state index contributed by atoms with van der Waals surface area (Å²) in [5.74, 6) is -1.00. The van der Waals surface area contributed by atoms with Gasteiger partial charge in [0.05, 0.1) is 10.6 Å². The van der Waals surface area contributed by atoms with E-state index in [-0.39, 0.29) is 10.6 Å². The van der Waals surface area contributed by atoms with Gasteiger partial charge in [0.1, 0.15) is 0 Å². The van der Waals surface area contributed by atoms with Gasteiger partial charge in [-0.25, -0.2) is 4.79 Å². The lowest BCUT2D eigenvalue weighted by Gasteiger charge is -2.14. The van der Waals surface area contributed by atoms with Gasteiger partial charge >= 0.3 is 5.97 Å². The Labute approximate surface area is 98.7 Å². The summed E-state index contributed by atoms with van der Waals surface area (Å²) < 4.78 is 0. The summed E-state index contributed by atoms with van der Waals surface area (Å²) >= 11 is 5.87. The van der Waals surface area contributed by atoms with E-state index in [1.807, 2.05) is 0 Å². The maximum Gasteiger partial charge on any atom is 0.337 e. The average Bonchev–Trinajstić information content (AvgIpc) is 2.70. The first-order chi connectivity index (χ1) is 7.66. The zero-order valence-corrected chi connectivity index (χ0v) is 9.37. The summed E-state index contributed by atoms with van der Waals surface area (Å²) in [5.41, 5.74) is 1.00. The summed E-state index contributed by atoms with van der Waals surface area (Å²) in [6.07, 6.45) is 6.26. The molecule has 0 heterocycles. The van der Waals surface area contributed by atoms with Crippen molar-refractivity contribution in [1.29, 1.82) is 0 Å². The Hall–Kier alpha value is -1.48. The van der Waals surface area contributed by atoms with Crippen molar-refractivity contribution in [1.82, 2.24) is 0 Å². The number of hydrogen-bond acceptors (Lipinski definition) is 2. The third-order valence-electron chi connectivity index (χ3n) is 2.58. The monoisotopic (exact) mass is 237 g/mol. The molecule has 2 rings (SSSR count). The van der Waals surface area contributed by atoms with Gasteiger partial charge in [0, 0.05) is 11.7 Å². The van der Waals surface area contributed by atoms with Crippen LogP contribution < -0.4 is 5.32 Å². The Morgan fingerprint density at radius 3 is 2.62 bits per heavy atom. The molecule has 2 N–H and O–H groups in total. The average molecular weight is 238 g/mol. The summed E-state index contributed by atoms with van der Waals surface area (Å²) in [7, 11) is 0. The van der Waals surface area contributed by atoms with E-state index in [0.717, 1.165) is 18.5 Å². The van der Waals surface area contributed by atoms with Gasteiger partial charge in [0.2, 0.25) is 0 Å². The van der Waals surface area contributed by atoms with E-state index in [1.165, 1.54) is 6.07 Å². The standard InChI is InChI=1S/C12H12ClNO2/c13-11-7-9(5-6-10(11)12(15)16)14-8-3-1-2-4-8/h1-2,5-8,14H,3-4H2,(H,15,16). The first kappa shape index (κ1) is 11.0. The molecule has 0 saturated heterocycles. The molecule has 0 aliphatic heterocycles. The van der Waals surface area contributed by atoms with E-state index in [9.17, 15) is 4.79 Å². The second-order valence-electron chi connectivity index (χ2n) is 3.78. The van der Waals surface area contributed by atoms with Crippen molar-refractivity contribution in [3.8, 4) is 0 Å². The molecule has 84 valence electrons. The third-order valence-corrected chi connectivity index (χ3v) is 2.89. The minimum Gasteiger partial charge on any atom is -0.478 e. The normalized spacial score (nSPS) is 15.3. The van der Waals surface area contributed by atoms with Crippen molar-refractivity contribution in [2.45, 2.75) is 18.9 Å². The molecular formula is C12H12ClNO2. The van der Waals surface area contributed by atoms with Crippen molar-refractivity contribution < 1.29 is 9.90 Å². The number of nitrogens with one attached hydrogen (secondary N) is 1. The summed E-state index contributed by atoms with van der Waals surface area (Å²) in [6, 6.07) is 5.32. The number of halogens is 1. The molecule has 0 bridgehead atoms. The van der Waals surface area contributed by atoms with Gasteiger partial charge in [-0.1, -0.05) is 23.8 Å². The van der Waals surface area contributed by atoms with Crippen LogP contribution in [0.3, 0.4) is 0 Å². The third kappa shape index (κ3) is 2.36. The lowest BCUT2D eigenvalue weighted by molar-refractivity contribution is 0.0697.